The van der Waals surface area contributed by atoms with Gasteiger partial charge in [-0.2, -0.15) is 26.3 Å². The number of carboxylic acids is 1. The lowest BCUT2D eigenvalue weighted by Crippen LogP contribution is -2.40. The van der Waals surface area contributed by atoms with Crippen LogP contribution in [-0.2, 0) is 16.0 Å². The molecule has 1 amide bonds. The molecule has 1 saturated carbocycles. The summed E-state index contributed by atoms with van der Waals surface area (Å²) in [6, 6.07) is 4.40. The monoisotopic (exact) mass is 509 g/mol. The molecular formula is C23H22ClF6NO3. The van der Waals surface area contributed by atoms with Gasteiger partial charge in [-0.15, -0.1) is 0 Å². The second-order valence-electron chi connectivity index (χ2n) is 8.84. The van der Waals surface area contributed by atoms with Crippen molar-refractivity contribution >= 4 is 29.2 Å². The minimum Gasteiger partial charge on any atom is -0.481 e. The molecule has 186 valence electrons. The van der Waals surface area contributed by atoms with Crippen LogP contribution >= 0.6 is 11.6 Å². The van der Waals surface area contributed by atoms with Gasteiger partial charge >= 0.3 is 18.3 Å². The van der Waals surface area contributed by atoms with Gasteiger partial charge in [-0.1, -0.05) is 42.8 Å². The maximum absolute atomic E-state index is 13.5. The molecule has 1 fully saturated rings. The Labute approximate surface area is 196 Å². The number of carbonyl (C=O) groups excluding carboxylic acids is 1. The van der Waals surface area contributed by atoms with Crippen molar-refractivity contribution in [3.8, 4) is 0 Å². The Bertz CT molecular complexity index is 1030. The first-order chi connectivity index (χ1) is 15.6. The predicted octanol–water partition coefficient (Wildman–Crippen LogP) is 6.57. The van der Waals surface area contributed by atoms with Gasteiger partial charge in [0.2, 0.25) is 5.91 Å². The van der Waals surface area contributed by atoms with Crippen molar-refractivity contribution < 1.29 is 41.0 Å². The average molecular weight is 510 g/mol. The SMILES string of the molecule is C[C@H]([C@H](C(=O)Nc1cc(CC2(C(=O)O)CC2)ccc1Cl)C1C=CC(C(F)(F)F)=CC1)C(F)(F)F. The van der Waals surface area contributed by atoms with Gasteiger partial charge in [0, 0.05) is 0 Å². The summed E-state index contributed by atoms with van der Waals surface area (Å²) in [7, 11) is 0. The van der Waals surface area contributed by atoms with Gasteiger partial charge in [-0.3, -0.25) is 9.59 Å². The van der Waals surface area contributed by atoms with Gasteiger partial charge < -0.3 is 10.4 Å². The van der Waals surface area contributed by atoms with E-state index in [0.29, 0.717) is 24.5 Å². The average Bonchev–Trinajstić information content (AvgIpc) is 3.50. The maximum atomic E-state index is 13.5. The normalized spacial score (nSPS) is 21.4. The molecule has 0 heterocycles. The number of alkyl halides is 6. The first kappa shape index (κ1) is 26.1. The number of allylic oxidation sites excluding steroid dienone is 4. The number of nitrogens with one attached hydrogen (secondary N) is 1. The molecule has 0 aliphatic heterocycles. The van der Waals surface area contributed by atoms with Crippen LogP contribution in [0.5, 0.6) is 0 Å². The summed E-state index contributed by atoms with van der Waals surface area (Å²) < 4.78 is 79.3. The second kappa shape index (κ2) is 9.28. The molecule has 3 rings (SSSR count). The van der Waals surface area contributed by atoms with Gasteiger partial charge in [0.15, 0.2) is 0 Å². The highest BCUT2D eigenvalue weighted by atomic mass is 35.5. The molecule has 1 aromatic rings. The van der Waals surface area contributed by atoms with E-state index in [1.54, 1.807) is 6.07 Å². The van der Waals surface area contributed by atoms with Crippen molar-refractivity contribution in [3.05, 3.63) is 52.6 Å². The first-order valence-corrected chi connectivity index (χ1v) is 10.9. The zero-order chi connectivity index (χ0) is 25.5. The van der Waals surface area contributed by atoms with Crippen LogP contribution in [0.25, 0.3) is 0 Å². The van der Waals surface area contributed by atoms with E-state index < -0.39 is 59.4 Å². The number of rotatable bonds is 7. The molecule has 0 spiro atoms. The van der Waals surface area contributed by atoms with Gasteiger partial charge in [0.05, 0.1) is 33.5 Å². The fourth-order valence-electron chi connectivity index (χ4n) is 4.11. The van der Waals surface area contributed by atoms with Crippen LogP contribution in [0.2, 0.25) is 5.02 Å². The molecule has 1 unspecified atom stereocenters. The zero-order valence-corrected chi connectivity index (χ0v) is 18.7. The molecule has 0 aromatic heterocycles. The molecule has 1 aromatic carbocycles. The van der Waals surface area contributed by atoms with E-state index in [1.807, 2.05) is 0 Å². The van der Waals surface area contributed by atoms with Gasteiger partial charge in [-0.05, 0) is 49.3 Å². The largest absolute Gasteiger partial charge is 0.481 e. The van der Waals surface area contributed by atoms with Gasteiger partial charge in [-0.25, -0.2) is 0 Å². The van der Waals surface area contributed by atoms with Gasteiger partial charge in [0.1, 0.15) is 0 Å². The summed E-state index contributed by atoms with van der Waals surface area (Å²) in [5.41, 5.74) is -1.34. The van der Waals surface area contributed by atoms with Gasteiger partial charge in [0.25, 0.3) is 0 Å². The number of hydrogen-bond acceptors (Lipinski definition) is 2. The Balaban J connectivity index is 1.84. The first-order valence-electron chi connectivity index (χ1n) is 10.5. The van der Waals surface area contributed by atoms with E-state index in [1.165, 1.54) is 12.1 Å². The number of amides is 1. The van der Waals surface area contributed by atoms with Crippen LogP contribution in [0.1, 0.15) is 31.7 Å². The van der Waals surface area contributed by atoms with Crippen LogP contribution in [0, 0.1) is 23.2 Å². The predicted molar refractivity (Wildman–Crippen MR) is 113 cm³/mol. The molecule has 0 radical (unpaired) electrons. The van der Waals surface area contributed by atoms with Crippen molar-refractivity contribution in [2.75, 3.05) is 5.32 Å². The lowest BCUT2D eigenvalue weighted by molar-refractivity contribution is -0.188. The number of benzene rings is 1. The Morgan fingerprint density at radius 2 is 1.85 bits per heavy atom. The summed E-state index contributed by atoms with van der Waals surface area (Å²) in [5, 5.41) is 11.8. The summed E-state index contributed by atoms with van der Waals surface area (Å²) in [5.74, 6) is -6.97. The van der Waals surface area contributed by atoms with Crippen LogP contribution in [-0.4, -0.2) is 29.3 Å². The van der Waals surface area contributed by atoms with Crippen molar-refractivity contribution in [1.82, 2.24) is 0 Å². The van der Waals surface area contributed by atoms with Crippen LogP contribution in [0.3, 0.4) is 0 Å². The van der Waals surface area contributed by atoms with Crippen molar-refractivity contribution in [3.63, 3.8) is 0 Å². The fourth-order valence-corrected chi connectivity index (χ4v) is 4.28. The number of halogens is 7. The zero-order valence-electron chi connectivity index (χ0n) is 17.9. The molecule has 0 saturated heterocycles. The molecule has 11 heteroatoms. The lowest BCUT2D eigenvalue weighted by atomic mass is 9.77. The molecule has 2 aliphatic carbocycles. The molecule has 4 nitrogen and oxygen atoms in total. The molecular weight excluding hydrogens is 488 g/mol. The number of hydrogen-bond donors (Lipinski definition) is 2. The topological polar surface area (TPSA) is 66.4 Å². The number of anilines is 1. The quantitative estimate of drug-likeness (QED) is 0.409. The lowest BCUT2D eigenvalue weighted by Gasteiger charge is -2.31. The van der Waals surface area contributed by atoms with Crippen molar-refractivity contribution in [2.45, 2.75) is 45.0 Å². The molecule has 2 N–H and O–H groups in total. The molecule has 2 aliphatic rings. The number of carbonyl (C=O) groups is 2. The summed E-state index contributed by atoms with van der Waals surface area (Å²) >= 11 is 6.12. The highest BCUT2D eigenvalue weighted by Gasteiger charge is 2.50. The van der Waals surface area contributed by atoms with E-state index in [9.17, 15) is 41.0 Å². The molecule has 0 bridgehead atoms. The summed E-state index contributed by atoms with van der Waals surface area (Å²) in [6.45, 7) is 0.808. The van der Waals surface area contributed by atoms with Crippen LogP contribution in [0.15, 0.2) is 42.0 Å². The number of carboxylic acid groups (broad SMARTS) is 1. The Hall–Kier alpha value is -2.49. The van der Waals surface area contributed by atoms with E-state index in [4.69, 9.17) is 11.6 Å². The highest BCUT2D eigenvalue weighted by Crippen LogP contribution is 2.49. The maximum Gasteiger partial charge on any atom is 0.416 e. The van der Waals surface area contributed by atoms with E-state index >= 15 is 0 Å². The van der Waals surface area contributed by atoms with Crippen molar-refractivity contribution in [1.29, 1.82) is 0 Å². The molecule has 3 atom stereocenters. The highest BCUT2D eigenvalue weighted by molar-refractivity contribution is 6.33. The van der Waals surface area contributed by atoms with E-state index in [0.717, 1.165) is 19.1 Å². The smallest absolute Gasteiger partial charge is 0.416 e. The standard InChI is InChI=1S/C23H22ClF6NO3/c1-12(22(25,26)27)18(14-3-5-15(6-4-14)23(28,29)30)19(32)31-17-10-13(2-7-16(17)24)11-21(8-9-21)20(33)34/h2-3,5-7,10,12,14,18H,4,8-9,11H2,1H3,(H,31,32)(H,33,34)/t12-,14?,18+/m1/s1. The second-order valence-corrected chi connectivity index (χ2v) is 9.24. The number of aliphatic carboxylic acids is 1. The minimum absolute atomic E-state index is 0.0102. The third-order valence-electron chi connectivity index (χ3n) is 6.42. The Kier molecular flexibility index (Phi) is 7.13. The van der Waals surface area contributed by atoms with E-state index in [2.05, 4.69) is 5.32 Å². The fraction of sp³-hybridized carbons (Fsp3) is 0.478. The minimum atomic E-state index is -4.77. The third kappa shape index (κ3) is 5.76. The Morgan fingerprint density at radius 3 is 2.32 bits per heavy atom. The van der Waals surface area contributed by atoms with Crippen LogP contribution < -0.4 is 5.32 Å². The summed E-state index contributed by atoms with van der Waals surface area (Å²) in [6.07, 6.45) is -6.21. The van der Waals surface area contributed by atoms with Crippen molar-refractivity contribution in [2.24, 2.45) is 23.2 Å². The summed E-state index contributed by atoms with van der Waals surface area (Å²) in [4.78, 5) is 24.5. The van der Waals surface area contributed by atoms with Crippen LogP contribution in [0.4, 0.5) is 32.0 Å². The molecule has 34 heavy (non-hydrogen) atoms. The van der Waals surface area contributed by atoms with E-state index in [-0.39, 0.29) is 17.1 Å². The third-order valence-corrected chi connectivity index (χ3v) is 6.75. The Morgan fingerprint density at radius 1 is 1.21 bits per heavy atom.